The molecule has 0 radical (unpaired) electrons. The molecule has 0 saturated heterocycles. The van der Waals surface area contributed by atoms with Crippen LogP contribution in [0, 0.1) is 0 Å². The number of para-hydroxylation sites is 1. The third-order valence-corrected chi connectivity index (χ3v) is 6.16. The van der Waals surface area contributed by atoms with E-state index >= 15 is 0 Å². The van der Waals surface area contributed by atoms with Crippen LogP contribution in [0.5, 0.6) is 0 Å². The highest BCUT2D eigenvalue weighted by molar-refractivity contribution is 5.89. The number of hydrogen-bond acceptors (Lipinski definition) is 4. The molecule has 1 fully saturated rings. The molecule has 1 saturated carbocycles. The highest BCUT2D eigenvalue weighted by Crippen LogP contribution is 2.25. The zero-order valence-corrected chi connectivity index (χ0v) is 18.6. The summed E-state index contributed by atoms with van der Waals surface area (Å²) in [5.41, 5.74) is 2.39. The van der Waals surface area contributed by atoms with Crippen molar-refractivity contribution in [3.8, 4) is 0 Å². The zero-order chi connectivity index (χ0) is 22.3. The number of aromatic nitrogens is 3. The van der Waals surface area contributed by atoms with Crippen molar-refractivity contribution in [1.29, 1.82) is 0 Å². The van der Waals surface area contributed by atoms with Crippen molar-refractivity contribution in [2.45, 2.75) is 64.1 Å². The Morgan fingerprint density at radius 3 is 2.56 bits per heavy atom. The van der Waals surface area contributed by atoms with E-state index in [-0.39, 0.29) is 24.4 Å². The maximum absolute atomic E-state index is 13.6. The maximum Gasteiger partial charge on any atom is 0.247 e. The van der Waals surface area contributed by atoms with Gasteiger partial charge in [-0.25, -0.2) is 4.68 Å². The van der Waals surface area contributed by atoms with Crippen molar-refractivity contribution in [1.82, 2.24) is 25.2 Å². The van der Waals surface area contributed by atoms with Crippen molar-refractivity contribution >= 4 is 22.8 Å². The molecule has 3 aromatic rings. The number of nitrogens with zero attached hydrogens (tertiary/aromatic N) is 4. The molecule has 0 bridgehead atoms. The molecule has 1 N–H and O–H groups in total. The summed E-state index contributed by atoms with van der Waals surface area (Å²) in [5, 5.41) is 11.5. The molecule has 1 aliphatic carbocycles. The Balaban J connectivity index is 1.63. The van der Waals surface area contributed by atoms with E-state index in [0.29, 0.717) is 6.54 Å². The minimum atomic E-state index is -0.661. The predicted molar refractivity (Wildman–Crippen MR) is 124 cm³/mol. The van der Waals surface area contributed by atoms with E-state index in [1.807, 2.05) is 54.6 Å². The lowest BCUT2D eigenvalue weighted by atomic mass is 10.0. The Labute approximate surface area is 188 Å². The van der Waals surface area contributed by atoms with Gasteiger partial charge in [0.15, 0.2) is 0 Å². The van der Waals surface area contributed by atoms with Crippen LogP contribution in [0.3, 0.4) is 0 Å². The first kappa shape index (κ1) is 22.0. The van der Waals surface area contributed by atoms with Gasteiger partial charge in [0.2, 0.25) is 11.8 Å². The molecule has 1 aliphatic rings. The summed E-state index contributed by atoms with van der Waals surface area (Å²) >= 11 is 0. The molecule has 1 aromatic heterocycles. The predicted octanol–water partition coefficient (Wildman–Crippen LogP) is 3.86. The summed E-state index contributed by atoms with van der Waals surface area (Å²) in [5.74, 6) is -0.236. The third-order valence-electron chi connectivity index (χ3n) is 6.16. The Morgan fingerprint density at radius 2 is 1.81 bits per heavy atom. The van der Waals surface area contributed by atoms with E-state index < -0.39 is 6.04 Å². The fourth-order valence-corrected chi connectivity index (χ4v) is 4.44. The minimum absolute atomic E-state index is 0.0459. The van der Waals surface area contributed by atoms with Crippen LogP contribution in [0.1, 0.15) is 57.1 Å². The molecule has 7 nitrogen and oxygen atoms in total. The zero-order valence-electron chi connectivity index (χ0n) is 18.6. The molecule has 2 aromatic carbocycles. The van der Waals surface area contributed by atoms with Gasteiger partial charge in [0.05, 0.1) is 5.52 Å². The van der Waals surface area contributed by atoms with Gasteiger partial charge in [-0.15, -0.1) is 5.10 Å². The summed E-state index contributed by atoms with van der Waals surface area (Å²) in [6.45, 7) is 2.65. The van der Waals surface area contributed by atoms with E-state index in [1.165, 1.54) is 0 Å². The molecule has 7 heteroatoms. The molecule has 0 unspecified atom stereocenters. The Bertz CT molecular complexity index is 1040. The third kappa shape index (κ3) is 4.98. The van der Waals surface area contributed by atoms with Crippen LogP contribution in [-0.2, 0) is 16.1 Å². The molecule has 1 heterocycles. The van der Waals surface area contributed by atoms with E-state index in [1.54, 1.807) is 9.58 Å². The number of rotatable bonds is 9. The van der Waals surface area contributed by atoms with Crippen LogP contribution < -0.4 is 5.32 Å². The summed E-state index contributed by atoms with van der Waals surface area (Å²) in [7, 11) is 0. The van der Waals surface area contributed by atoms with Gasteiger partial charge in [0, 0.05) is 12.6 Å². The minimum Gasteiger partial charge on any atom is -0.351 e. The van der Waals surface area contributed by atoms with E-state index in [0.717, 1.165) is 55.1 Å². The van der Waals surface area contributed by atoms with Crippen molar-refractivity contribution < 1.29 is 9.59 Å². The Kier molecular flexibility index (Phi) is 7.14. The van der Waals surface area contributed by atoms with Crippen molar-refractivity contribution in [3.63, 3.8) is 0 Å². The molecule has 32 heavy (non-hydrogen) atoms. The topological polar surface area (TPSA) is 80.1 Å². The molecule has 1 atom stereocenters. The smallest absolute Gasteiger partial charge is 0.247 e. The summed E-state index contributed by atoms with van der Waals surface area (Å²) in [6.07, 6.45) is 6.03. The number of fused-ring (bicyclic) bond motifs is 1. The van der Waals surface area contributed by atoms with Crippen LogP contribution in [0.25, 0.3) is 11.0 Å². The monoisotopic (exact) mass is 433 g/mol. The average Bonchev–Trinajstić information content (AvgIpc) is 3.47. The molecule has 0 aliphatic heterocycles. The molecule has 168 valence electrons. The first-order valence-electron chi connectivity index (χ1n) is 11.6. The normalized spacial score (nSPS) is 15.0. The molecule has 4 rings (SSSR count). The van der Waals surface area contributed by atoms with Gasteiger partial charge >= 0.3 is 0 Å². The fraction of sp³-hybridized carbons (Fsp3) is 0.440. The number of carbonyl (C=O) groups excluding carboxylic acids is 2. The van der Waals surface area contributed by atoms with Crippen molar-refractivity contribution in [2.75, 3.05) is 6.54 Å². The van der Waals surface area contributed by atoms with Crippen LogP contribution in [0.4, 0.5) is 0 Å². The lowest BCUT2D eigenvalue weighted by molar-refractivity contribution is -0.141. The SMILES string of the molecule is CCCCN(C(=O)Cn1nnc2ccccc21)[C@H](C(=O)NC1CCCC1)c1ccccc1. The van der Waals surface area contributed by atoms with Crippen LogP contribution >= 0.6 is 0 Å². The molecular formula is C25H31N5O2. The van der Waals surface area contributed by atoms with E-state index in [4.69, 9.17) is 0 Å². The summed E-state index contributed by atoms with van der Waals surface area (Å²) in [6, 6.07) is 16.7. The van der Waals surface area contributed by atoms with Gasteiger partial charge in [0.25, 0.3) is 0 Å². The van der Waals surface area contributed by atoms with Gasteiger partial charge in [-0.3, -0.25) is 9.59 Å². The summed E-state index contributed by atoms with van der Waals surface area (Å²) < 4.78 is 1.62. The first-order valence-corrected chi connectivity index (χ1v) is 11.6. The number of amides is 2. The number of hydrogen-bond donors (Lipinski definition) is 1. The van der Waals surface area contributed by atoms with Gasteiger partial charge in [-0.05, 0) is 37.0 Å². The first-order chi connectivity index (χ1) is 15.7. The second-order valence-corrected chi connectivity index (χ2v) is 8.48. The van der Waals surface area contributed by atoms with Gasteiger partial charge < -0.3 is 10.2 Å². The van der Waals surface area contributed by atoms with Gasteiger partial charge in [0.1, 0.15) is 18.1 Å². The fourth-order valence-electron chi connectivity index (χ4n) is 4.44. The van der Waals surface area contributed by atoms with E-state index in [2.05, 4.69) is 22.6 Å². The summed E-state index contributed by atoms with van der Waals surface area (Å²) in [4.78, 5) is 28.8. The Hall–Kier alpha value is -3.22. The standard InChI is InChI=1S/C25H31N5O2/c1-2-3-17-29(23(31)18-30-22-16-10-9-15-21(22)27-28-30)24(19-11-5-4-6-12-19)25(32)26-20-13-7-8-14-20/h4-6,9-12,15-16,20,24H,2-3,7-8,13-14,17-18H2,1H3,(H,26,32)/t24-/m0/s1. The molecule has 2 amide bonds. The van der Waals surface area contributed by atoms with Crippen LogP contribution in [0.15, 0.2) is 54.6 Å². The van der Waals surface area contributed by atoms with Gasteiger partial charge in [-0.1, -0.05) is 73.9 Å². The average molecular weight is 434 g/mol. The van der Waals surface area contributed by atoms with E-state index in [9.17, 15) is 9.59 Å². The second kappa shape index (κ2) is 10.4. The number of nitrogens with one attached hydrogen (secondary N) is 1. The second-order valence-electron chi connectivity index (χ2n) is 8.48. The number of benzene rings is 2. The van der Waals surface area contributed by atoms with Crippen molar-refractivity contribution in [3.05, 3.63) is 60.2 Å². The van der Waals surface area contributed by atoms with Crippen LogP contribution in [-0.4, -0.2) is 44.3 Å². The molecule has 0 spiro atoms. The Morgan fingerprint density at radius 1 is 1.09 bits per heavy atom. The lowest BCUT2D eigenvalue weighted by Crippen LogP contribution is -2.47. The highest BCUT2D eigenvalue weighted by atomic mass is 16.2. The van der Waals surface area contributed by atoms with Crippen LogP contribution in [0.2, 0.25) is 0 Å². The largest absolute Gasteiger partial charge is 0.351 e. The molecular weight excluding hydrogens is 402 g/mol. The maximum atomic E-state index is 13.6. The number of unbranched alkanes of at least 4 members (excludes halogenated alkanes) is 1. The van der Waals surface area contributed by atoms with Gasteiger partial charge in [-0.2, -0.15) is 0 Å². The number of carbonyl (C=O) groups is 2. The quantitative estimate of drug-likeness (QED) is 0.556. The lowest BCUT2D eigenvalue weighted by Gasteiger charge is -2.32. The highest BCUT2D eigenvalue weighted by Gasteiger charge is 2.33. The van der Waals surface area contributed by atoms with Crippen molar-refractivity contribution in [2.24, 2.45) is 0 Å².